The van der Waals surface area contributed by atoms with E-state index < -0.39 is 4.92 Å². The van der Waals surface area contributed by atoms with E-state index in [1.54, 1.807) is 7.05 Å². The van der Waals surface area contributed by atoms with Gasteiger partial charge in [0.15, 0.2) is 0 Å². The number of hydrogen-bond donors (Lipinski definition) is 1. The van der Waals surface area contributed by atoms with Crippen molar-refractivity contribution in [3.63, 3.8) is 0 Å². The molecule has 0 saturated heterocycles. The lowest BCUT2D eigenvalue weighted by molar-refractivity contribution is -0.385. The third-order valence-corrected chi connectivity index (χ3v) is 2.54. The Morgan fingerprint density at radius 3 is 2.81 bits per heavy atom. The summed E-state index contributed by atoms with van der Waals surface area (Å²) in [5.74, 6) is 0.225. The van der Waals surface area contributed by atoms with Crippen LogP contribution in [0.4, 0.5) is 11.5 Å². The lowest BCUT2D eigenvalue weighted by Gasteiger charge is -2.25. The second kappa shape index (κ2) is 4.30. The highest BCUT2D eigenvalue weighted by atomic mass is 16.6. The van der Waals surface area contributed by atoms with Gasteiger partial charge < -0.3 is 10.1 Å². The summed E-state index contributed by atoms with van der Waals surface area (Å²) >= 11 is 0. The molecule has 7 heteroatoms. The lowest BCUT2D eigenvalue weighted by Crippen LogP contribution is -2.25. The van der Waals surface area contributed by atoms with E-state index in [9.17, 15) is 10.1 Å². The van der Waals surface area contributed by atoms with Crippen molar-refractivity contribution in [3.05, 3.63) is 16.4 Å². The van der Waals surface area contributed by atoms with Gasteiger partial charge in [0.1, 0.15) is 12.4 Å². The Morgan fingerprint density at radius 1 is 1.56 bits per heavy atom. The van der Waals surface area contributed by atoms with Gasteiger partial charge in [0, 0.05) is 7.05 Å². The normalized spacial score (nSPS) is 15.3. The summed E-state index contributed by atoms with van der Waals surface area (Å²) in [5.41, 5.74) is -0.197. The van der Waals surface area contributed by atoms with Crippen molar-refractivity contribution in [1.29, 1.82) is 0 Å². The van der Waals surface area contributed by atoms with E-state index in [0.29, 0.717) is 0 Å². The first-order chi connectivity index (χ1) is 7.72. The molecule has 0 aliphatic heterocycles. The van der Waals surface area contributed by atoms with Crippen molar-refractivity contribution in [2.75, 3.05) is 12.4 Å². The maximum Gasteiger partial charge on any atom is 0.372 e. The molecule has 1 fully saturated rings. The summed E-state index contributed by atoms with van der Waals surface area (Å²) in [4.78, 5) is 18.0. The largest absolute Gasteiger partial charge is 0.469 e. The van der Waals surface area contributed by atoms with Crippen molar-refractivity contribution in [2.45, 2.75) is 25.4 Å². The number of nitrogens with zero attached hydrogens (tertiary/aromatic N) is 3. The van der Waals surface area contributed by atoms with E-state index in [4.69, 9.17) is 4.74 Å². The standard InChI is InChI=1S/C9H12N4O3/c1-10-8-7(13(14)15)9(12-5-11-8)16-6-3-2-4-6/h5-6H,2-4H2,1H3,(H,10,11,12). The predicted molar refractivity (Wildman–Crippen MR) is 56.5 cm³/mol. The van der Waals surface area contributed by atoms with E-state index in [-0.39, 0.29) is 23.5 Å². The fourth-order valence-corrected chi connectivity index (χ4v) is 1.44. The molecule has 1 N–H and O–H groups in total. The van der Waals surface area contributed by atoms with E-state index >= 15 is 0 Å². The lowest BCUT2D eigenvalue weighted by atomic mass is 9.96. The molecule has 1 aromatic rings. The van der Waals surface area contributed by atoms with Crippen molar-refractivity contribution >= 4 is 11.5 Å². The molecule has 1 aliphatic carbocycles. The van der Waals surface area contributed by atoms with Gasteiger partial charge in [-0.15, -0.1) is 0 Å². The van der Waals surface area contributed by atoms with Gasteiger partial charge in [0.25, 0.3) is 5.88 Å². The number of rotatable bonds is 4. The van der Waals surface area contributed by atoms with Crippen LogP contribution in [0.15, 0.2) is 6.33 Å². The van der Waals surface area contributed by atoms with Crippen molar-refractivity contribution in [3.8, 4) is 5.88 Å². The highest BCUT2D eigenvalue weighted by Gasteiger charge is 2.28. The van der Waals surface area contributed by atoms with Crippen molar-refractivity contribution in [1.82, 2.24) is 9.97 Å². The first kappa shape index (κ1) is 10.6. The molecule has 16 heavy (non-hydrogen) atoms. The van der Waals surface area contributed by atoms with E-state index in [1.165, 1.54) is 6.33 Å². The zero-order valence-electron chi connectivity index (χ0n) is 8.84. The first-order valence-electron chi connectivity index (χ1n) is 5.06. The Bertz CT molecular complexity index is 406. The van der Waals surface area contributed by atoms with Gasteiger partial charge in [-0.2, -0.15) is 4.98 Å². The average Bonchev–Trinajstić information content (AvgIpc) is 2.22. The Hall–Kier alpha value is -1.92. The molecule has 1 aromatic heterocycles. The van der Waals surface area contributed by atoms with Crippen molar-refractivity contribution < 1.29 is 9.66 Å². The number of hydrogen-bond acceptors (Lipinski definition) is 6. The third kappa shape index (κ3) is 1.88. The Kier molecular flexibility index (Phi) is 2.84. The smallest absolute Gasteiger partial charge is 0.372 e. The molecule has 0 atom stereocenters. The van der Waals surface area contributed by atoms with Gasteiger partial charge in [0.05, 0.1) is 4.92 Å². The van der Waals surface area contributed by atoms with Crippen LogP contribution >= 0.6 is 0 Å². The maximum atomic E-state index is 10.9. The molecule has 0 aromatic carbocycles. The van der Waals surface area contributed by atoms with E-state index in [2.05, 4.69) is 15.3 Å². The van der Waals surface area contributed by atoms with Crippen LogP contribution in [0, 0.1) is 10.1 Å². The molecule has 86 valence electrons. The van der Waals surface area contributed by atoms with Gasteiger partial charge in [-0.25, -0.2) is 4.98 Å². The van der Waals surface area contributed by atoms with Gasteiger partial charge in [-0.3, -0.25) is 10.1 Å². The molecular formula is C9H12N4O3. The molecule has 0 amide bonds. The van der Waals surface area contributed by atoms with Crippen LogP contribution in [-0.2, 0) is 0 Å². The minimum Gasteiger partial charge on any atom is -0.469 e. The van der Waals surface area contributed by atoms with Crippen molar-refractivity contribution in [2.24, 2.45) is 0 Å². The summed E-state index contributed by atoms with van der Waals surface area (Å²) < 4.78 is 5.45. The fraction of sp³-hybridized carbons (Fsp3) is 0.556. The fourth-order valence-electron chi connectivity index (χ4n) is 1.44. The van der Waals surface area contributed by atoms with Gasteiger partial charge in [-0.1, -0.05) is 0 Å². The summed E-state index contributed by atoms with van der Waals surface area (Å²) in [7, 11) is 1.57. The summed E-state index contributed by atoms with van der Waals surface area (Å²) in [6.45, 7) is 0. The van der Waals surface area contributed by atoms with Crippen LogP contribution in [0.25, 0.3) is 0 Å². The van der Waals surface area contributed by atoms with E-state index in [1.807, 2.05) is 0 Å². The Labute approximate surface area is 92.0 Å². The SMILES string of the molecule is CNc1ncnc(OC2CCC2)c1[N+](=O)[O-]. The highest BCUT2D eigenvalue weighted by Crippen LogP contribution is 2.33. The molecule has 0 radical (unpaired) electrons. The molecule has 7 nitrogen and oxygen atoms in total. The zero-order valence-corrected chi connectivity index (χ0v) is 8.84. The number of ether oxygens (including phenoxy) is 1. The van der Waals surface area contributed by atoms with Crippen LogP contribution in [-0.4, -0.2) is 28.0 Å². The van der Waals surface area contributed by atoms with Crippen LogP contribution in [0.5, 0.6) is 5.88 Å². The second-order valence-electron chi connectivity index (χ2n) is 3.55. The molecule has 1 heterocycles. The molecule has 1 aliphatic rings. The minimum atomic E-state index is -0.528. The molecule has 0 spiro atoms. The zero-order chi connectivity index (χ0) is 11.5. The predicted octanol–water partition coefficient (Wildman–Crippen LogP) is 1.36. The maximum absolute atomic E-state index is 10.9. The Morgan fingerprint density at radius 2 is 2.31 bits per heavy atom. The summed E-state index contributed by atoms with van der Waals surface area (Å²) in [5, 5.41) is 13.5. The summed E-state index contributed by atoms with van der Waals surface area (Å²) in [6.07, 6.45) is 4.26. The number of anilines is 1. The van der Waals surface area contributed by atoms with Gasteiger partial charge >= 0.3 is 5.69 Å². The molecule has 0 bridgehead atoms. The summed E-state index contributed by atoms with van der Waals surface area (Å²) in [6, 6.07) is 0. The number of nitro groups is 1. The van der Waals surface area contributed by atoms with Gasteiger partial charge in [0.2, 0.25) is 5.82 Å². The minimum absolute atomic E-state index is 0.0500. The molecular weight excluding hydrogens is 212 g/mol. The quantitative estimate of drug-likeness (QED) is 0.613. The third-order valence-electron chi connectivity index (χ3n) is 2.54. The molecule has 1 saturated carbocycles. The van der Waals surface area contributed by atoms with Gasteiger partial charge in [-0.05, 0) is 19.3 Å². The Balaban J connectivity index is 2.30. The van der Waals surface area contributed by atoms with Crippen LogP contribution in [0.1, 0.15) is 19.3 Å². The molecule has 2 rings (SSSR count). The van der Waals surface area contributed by atoms with E-state index in [0.717, 1.165) is 19.3 Å². The topological polar surface area (TPSA) is 90.2 Å². The first-order valence-corrected chi connectivity index (χ1v) is 5.06. The van der Waals surface area contributed by atoms with Crippen LogP contribution in [0.3, 0.4) is 0 Å². The molecule has 0 unspecified atom stereocenters. The van der Waals surface area contributed by atoms with Crippen LogP contribution in [0.2, 0.25) is 0 Å². The second-order valence-corrected chi connectivity index (χ2v) is 3.55. The monoisotopic (exact) mass is 224 g/mol. The highest BCUT2D eigenvalue weighted by molar-refractivity contribution is 5.60. The number of nitrogens with one attached hydrogen (secondary N) is 1. The van der Waals surface area contributed by atoms with Crippen LogP contribution < -0.4 is 10.1 Å². The number of aromatic nitrogens is 2. The average molecular weight is 224 g/mol.